The fraction of sp³-hybridized carbons (Fsp3) is 0.273. The number of hydrogen-bond acceptors (Lipinski definition) is 2. The molecule has 2 nitrogen and oxygen atoms in total. The van der Waals surface area contributed by atoms with E-state index in [0.29, 0.717) is 10.0 Å². The summed E-state index contributed by atoms with van der Waals surface area (Å²) in [7, 11) is 0. The van der Waals surface area contributed by atoms with Gasteiger partial charge in [-0.1, -0.05) is 71.7 Å². The van der Waals surface area contributed by atoms with Crippen LogP contribution in [0, 0.1) is 0 Å². The molecular formula is C22H22Cl2N2. The van der Waals surface area contributed by atoms with E-state index in [0.717, 1.165) is 32.6 Å². The van der Waals surface area contributed by atoms with Gasteiger partial charge in [0, 0.05) is 19.6 Å². The standard InChI is InChI=1S/C22H22Cl2N2/c23-20-10-9-17(15-21(20)24)22(26-13-4-11-25-12-14-26)19-8-3-6-16-5-1-2-7-18(16)19/h1-3,5-10,15,22,25H,4,11-14H2. The van der Waals surface area contributed by atoms with Crippen molar-refractivity contribution < 1.29 is 0 Å². The molecule has 1 saturated heterocycles. The van der Waals surface area contributed by atoms with Crippen molar-refractivity contribution in [1.82, 2.24) is 10.2 Å². The summed E-state index contributed by atoms with van der Waals surface area (Å²) in [6.07, 6.45) is 1.14. The highest BCUT2D eigenvalue weighted by Crippen LogP contribution is 2.36. The number of nitrogens with zero attached hydrogens (tertiary/aromatic N) is 1. The normalized spacial score (nSPS) is 17.2. The van der Waals surface area contributed by atoms with Crippen molar-refractivity contribution in [3.05, 3.63) is 81.8 Å². The fourth-order valence-corrected chi connectivity index (χ4v) is 4.19. The molecule has 1 aliphatic heterocycles. The van der Waals surface area contributed by atoms with Gasteiger partial charge < -0.3 is 5.32 Å². The highest BCUT2D eigenvalue weighted by Gasteiger charge is 2.25. The minimum atomic E-state index is 0.163. The summed E-state index contributed by atoms with van der Waals surface area (Å²) in [5.41, 5.74) is 2.51. The number of benzene rings is 3. The monoisotopic (exact) mass is 384 g/mol. The molecule has 1 fully saturated rings. The smallest absolute Gasteiger partial charge is 0.0608 e. The van der Waals surface area contributed by atoms with Crippen LogP contribution in [0.3, 0.4) is 0 Å². The molecule has 4 heteroatoms. The van der Waals surface area contributed by atoms with E-state index in [1.165, 1.54) is 21.9 Å². The first-order valence-electron chi connectivity index (χ1n) is 9.11. The molecule has 3 aromatic rings. The van der Waals surface area contributed by atoms with Crippen molar-refractivity contribution in [2.24, 2.45) is 0 Å². The maximum absolute atomic E-state index is 6.37. The lowest BCUT2D eigenvalue weighted by Crippen LogP contribution is -2.33. The summed E-state index contributed by atoms with van der Waals surface area (Å²) in [6.45, 7) is 4.14. The van der Waals surface area contributed by atoms with Crippen LogP contribution in [0.4, 0.5) is 0 Å². The number of halogens is 2. The predicted octanol–water partition coefficient (Wildman–Crippen LogP) is 5.53. The molecule has 0 aromatic heterocycles. The summed E-state index contributed by atoms with van der Waals surface area (Å²) in [5, 5.41) is 7.28. The first kappa shape index (κ1) is 17.8. The van der Waals surface area contributed by atoms with Crippen LogP contribution < -0.4 is 5.32 Å². The summed E-state index contributed by atoms with van der Waals surface area (Å²) >= 11 is 12.6. The Kier molecular flexibility index (Phi) is 5.46. The van der Waals surface area contributed by atoms with Gasteiger partial charge in [0.05, 0.1) is 16.1 Å². The van der Waals surface area contributed by atoms with Crippen molar-refractivity contribution in [2.75, 3.05) is 26.2 Å². The Morgan fingerprint density at radius 2 is 1.69 bits per heavy atom. The summed E-state index contributed by atoms with van der Waals surface area (Å²) < 4.78 is 0. The Labute approximate surface area is 164 Å². The SMILES string of the molecule is Clc1ccc(C(c2cccc3ccccc23)N2CCCNCC2)cc1Cl. The number of hydrogen-bond donors (Lipinski definition) is 1. The van der Waals surface area contributed by atoms with E-state index in [4.69, 9.17) is 23.2 Å². The number of fused-ring (bicyclic) bond motifs is 1. The van der Waals surface area contributed by atoms with E-state index in [1.54, 1.807) is 0 Å². The molecule has 0 bridgehead atoms. The first-order valence-corrected chi connectivity index (χ1v) is 9.87. The molecular weight excluding hydrogens is 363 g/mol. The minimum absolute atomic E-state index is 0.163. The van der Waals surface area contributed by atoms with E-state index in [2.05, 4.69) is 58.7 Å². The maximum atomic E-state index is 6.37. The van der Waals surface area contributed by atoms with Crippen molar-refractivity contribution in [1.29, 1.82) is 0 Å². The van der Waals surface area contributed by atoms with E-state index in [9.17, 15) is 0 Å². The lowest BCUT2D eigenvalue weighted by molar-refractivity contribution is 0.242. The Morgan fingerprint density at radius 3 is 2.58 bits per heavy atom. The zero-order chi connectivity index (χ0) is 17.9. The van der Waals surface area contributed by atoms with Gasteiger partial charge >= 0.3 is 0 Å². The Hall–Kier alpha value is -1.58. The van der Waals surface area contributed by atoms with E-state index < -0.39 is 0 Å². The van der Waals surface area contributed by atoms with Gasteiger partial charge in [-0.25, -0.2) is 0 Å². The van der Waals surface area contributed by atoms with Crippen molar-refractivity contribution in [3.8, 4) is 0 Å². The van der Waals surface area contributed by atoms with Gasteiger partial charge in [0.2, 0.25) is 0 Å². The van der Waals surface area contributed by atoms with Gasteiger partial charge in [0.15, 0.2) is 0 Å². The van der Waals surface area contributed by atoms with Crippen molar-refractivity contribution in [2.45, 2.75) is 12.5 Å². The van der Waals surface area contributed by atoms with E-state index in [1.807, 2.05) is 12.1 Å². The Morgan fingerprint density at radius 1 is 0.846 bits per heavy atom. The number of nitrogens with one attached hydrogen (secondary N) is 1. The molecule has 1 aliphatic rings. The molecule has 0 spiro atoms. The van der Waals surface area contributed by atoms with E-state index >= 15 is 0 Å². The third-order valence-corrected chi connectivity index (χ3v) is 5.86. The summed E-state index contributed by atoms with van der Waals surface area (Å²) in [4.78, 5) is 2.56. The molecule has 134 valence electrons. The second-order valence-electron chi connectivity index (χ2n) is 6.78. The largest absolute Gasteiger partial charge is 0.315 e. The van der Waals surface area contributed by atoms with Crippen molar-refractivity contribution >= 4 is 34.0 Å². The maximum Gasteiger partial charge on any atom is 0.0608 e. The Balaban J connectivity index is 1.87. The van der Waals surface area contributed by atoms with Crippen LogP contribution in [-0.4, -0.2) is 31.1 Å². The Bertz CT molecular complexity index is 896. The molecule has 0 amide bonds. The summed E-state index contributed by atoms with van der Waals surface area (Å²) in [5.74, 6) is 0. The lowest BCUT2D eigenvalue weighted by atomic mass is 9.92. The zero-order valence-corrected chi connectivity index (χ0v) is 16.1. The van der Waals surface area contributed by atoms with Gasteiger partial charge in [0.25, 0.3) is 0 Å². The molecule has 1 N–H and O–H groups in total. The van der Waals surface area contributed by atoms with Crippen LogP contribution in [-0.2, 0) is 0 Å². The van der Waals surface area contributed by atoms with Crippen LogP contribution in [0.15, 0.2) is 60.7 Å². The summed E-state index contributed by atoms with van der Waals surface area (Å²) in [6, 6.07) is 21.4. The molecule has 1 unspecified atom stereocenters. The number of rotatable bonds is 3. The topological polar surface area (TPSA) is 15.3 Å². The second kappa shape index (κ2) is 7.98. The molecule has 3 aromatic carbocycles. The average Bonchev–Trinajstić information content (AvgIpc) is 2.94. The minimum Gasteiger partial charge on any atom is -0.315 e. The zero-order valence-electron chi connectivity index (χ0n) is 14.6. The highest BCUT2D eigenvalue weighted by atomic mass is 35.5. The van der Waals surface area contributed by atoms with Crippen molar-refractivity contribution in [3.63, 3.8) is 0 Å². The van der Waals surface area contributed by atoms with Crippen LogP contribution in [0.1, 0.15) is 23.6 Å². The van der Waals surface area contributed by atoms with Crippen LogP contribution >= 0.6 is 23.2 Å². The van der Waals surface area contributed by atoms with Gasteiger partial charge in [0.1, 0.15) is 0 Å². The fourth-order valence-electron chi connectivity index (χ4n) is 3.88. The second-order valence-corrected chi connectivity index (χ2v) is 7.60. The molecule has 0 radical (unpaired) electrons. The molecule has 0 saturated carbocycles. The molecule has 4 rings (SSSR count). The molecule has 26 heavy (non-hydrogen) atoms. The highest BCUT2D eigenvalue weighted by molar-refractivity contribution is 6.42. The van der Waals surface area contributed by atoms with Gasteiger partial charge in [-0.05, 0) is 47.0 Å². The first-order chi connectivity index (χ1) is 12.7. The van der Waals surface area contributed by atoms with Gasteiger partial charge in [-0.2, -0.15) is 0 Å². The van der Waals surface area contributed by atoms with Crippen LogP contribution in [0.5, 0.6) is 0 Å². The van der Waals surface area contributed by atoms with E-state index in [-0.39, 0.29) is 6.04 Å². The average molecular weight is 385 g/mol. The lowest BCUT2D eigenvalue weighted by Gasteiger charge is -2.32. The quantitative estimate of drug-likeness (QED) is 0.638. The van der Waals surface area contributed by atoms with Crippen LogP contribution in [0.25, 0.3) is 10.8 Å². The molecule has 1 heterocycles. The molecule has 1 atom stereocenters. The molecule has 0 aliphatic carbocycles. The van der Waals surface area contributed by atoms with Gasteiger partial charge in [-0.15, -0.1) is 0 Å². The van der Waals surface area contributed by atoms with Gasteiger partial charge in [-0.3, -0.25) is 4.90 Å². The third-order valence-electron chi connectivity index (χ3n) is 5.12. The van der Waals surface area contributed by atoms with Crippen LogP contribution in [0.2, 0.25) is 10.0 Å². The predicted molar refractivity (Wildman–Crippen MR) is 111 cm³/mol. The third kappa shape index (κ3) is 3.60.